The van der Waals surface area contributed by atoms with E-state index in [1.165, 1.54) is 22.9 Å². The molecule has 0 atom stereocenters. The minimum absolute atomic E-state index is 0.0878. The lowest BCUT2D eigenvalue weighted by Gasteiger charge is -2.08. The van der Waals surface area contributed by atoms with Crippen molar-refractivity contribution in [2.45, 2.75) is 32.2 Å². The van der Waals surface area contributed by atoms with Crippen molar-refractivity contribution in [1.29, 1.82) is 0 Å². The number of aromatic nitrogens is 1. The van der Waals surface area contributed by atoms with Crippen LogP contribution in [0.3, 0.4) is 0 Å². The van der Waals surface area contributed by atoms with Crippen molar-refractivity contribution in [2.24, 2.45) is 0 Å². The summed E-state index contributed by atoms with van der Waals surface area (Å²) in [6.07, 6.45) is 5.78. The molecule has 0 saturated heterocycles. The molecule has 0 fully saturated rings. The summed E-state index contributed by atoms with van der Waals surface area (Å²) in [6, 6.07) is 19.4. The highest BCUT2D eigenvalue weighted by molar-refractivity contribution is 6.10. The van der Waals surface area contributed by atoms with Gasteiger partial charge in [-0.15, -0.1) is 0 Å². The van der Waals surface area contributed by atoms with Gasteiger partial charge in [0, 0.05) is 29.1 Å². The molecule has 2 N–H and O–H groups in total. The summed E-state index contributed by atoms with van der Waals surface area (Å²) >= 11 is 0. The van der Waals surface area contributed by atoms with E-state index < -0.39 is 30.1 Å². The van der Waals surface area contributed by atoms with E-state index in [1.54, 1.807) is 12.2 Å². The maximum Gasteiger partial charge on any atom is 0.323 e. The molecular weight excluding hydrogens is 529 g/mol. The highest BCUT2D eigenvalue weighted by Gasteiger charge is 2.20. The molecule has 0 aliphatic rings. The molecule has 212 valence electrons. The Labute approximate surface area is 236 Å². The molecule has 0 amide bonds. The minimum Gasteiger partial charge on any atom is -0.494 e. The highest BCUT2D eigenvalue weighted by atomic mass is 19.1. The van der Waals surface area contributed by atoms with Crippen molar-refractivity contribution in [3.8, 4) is 11.5 Å². The number of Topliss-reactive ketones (excluding diaryl/α,β-unsaturated/α-hetero) is 1. The van der Waals surface area contributed by atoms with Gasteiger partial charge in [-0.3, -0.25) is 14.4 Å². The van der Waals surface area contributed by atoms with Crippen molar-refractivity contribution >= 4 is 40.8 Å². The summed E-state index contributed by atoms with van der Waals surface area (Å²) in [7, 11) is 0. The number of carbonyl (C=O) groups is 3. The molecule has 41 heavy (non-hydrogen) atoms. The van der Waals surface area contributed by atoms with Gasteiger partial charge in [0.15, 0.2) is 5.78 Å². The molecule has 0 bridgehead atoms. The number of hydrogen-bond acceptors (Lipinski definition) is 5. The van der Waals surface area contributed by atoms with Crippen molar-refractivity contribution in [2.75, 3.05) is 13.2 Å². The Morgan fingerprint density at radius 2 is 1.46 bits per heavy atom. The smallest absolute Gasteiger partial charge is 0.323 e. The largest absolute Gasteiger partial charge is 0.494 e. The van der Waals surface area contributed by atoms with Gasteiger partial charge in [-0.05, 0) is 54.8 Å². The van der Waals surface area contributed by atoms with Crippen molar-refractivity contribution in [1.82, 2.24) is 4.57 Å². The first-order valence-corrected chi connectivity index (χ1v) is 13.2. The fourth-order valence-electron chi connectivity index (χ4n) is 4.37. The van der Waals surface area contributed by atoms with Crippen LogP contribution in [0.5, 0.6) is 11.5 Å². The Morgan fingerprint density at radius 3 is 2.10 bits per heavy atom. The number of fused-ring (bicyclic) bond motifs is 1. The Kier molecular flexibility index (Phi) is 9.88. The van der Waals surface area contributed by atoms with Gasteiger partial charge in [0.25, 0.3) is 0 Å². The van der Waals surface area contributed by atoms with E-state index >= 15 is 0 Å². The quantitative estimate of drug-likeness (QED) is 0.0995. The summed E-state index contributed by atoms with van der Waals surface area (Å²) < 4.78 is 27.4. The monoisotopic (exact) mass is 559 g/mol. The number of carbonyl (C=O) groups excluding carboxylic acids is 1. The summed E-state index contributed by atoms with van der Waals surface area (Å²) in [5.74, 6) is -1.82. The van der Waals surface area contributed by atoms with Crippen LogP contribution in [0.1, 0.15) is 47.2 Å². The number of hydrogen-bond donors (Lipinski definition) is 2. The molecule has 0 aliphatic heterocycles. The number of rotatable bonds is 15. The third kappa shape index (κ3) is 8.28. The predicted molar refractivity (Wildman–Crippen MR) is 153 cm³/mol. The maximum atomic E-state index is 14.6. The van der Waals surface area contributed by atoms with E-state index in [0.717, 1.165) is 24.2 Å². The molecule has 0 spiro atoms. The Balaban J connectivity index is 1.43. The van der Waals surface area contributed by atoms with Crippen LogP contribution in [0.4, 0.5) is 4.39 Å². The van der Waals surface area contributed by atoms with Crippen LogP contribution >= 0.6 is 0 Å². The molecule has 4 aromatic rings. The van der Waals surface area contributed by atoms with E-state index in [-0.39, 0.29) is 23.8 Å². The van der Waals surface area contributed by atoms with E-state index in [4.69, 9.17) is 14.6 Å². The number of benzene rings is 3. The van der Waals surface area contributed by atoms with Crippen LogP contribution in [-0.2, 0) is 16.1 Å². The van der Waals surface area contributed by atoms with E-state index in [0.29, 0.717) is 30.0 Å². The van der Waals surface area contributed by atoms with Gasteiger partial charge in [-0.25, -0.2) is 4.39 Å². The normalized spacial score (nSPS) is 11.1. The SMILES string of the molecule is O=C(O)CCC(=O)c1cn(CC(=O)O)c2c(/C=C/c3ccc(OCCCCOc4ccccc4)cc3)cc(F)cc12. The van der Waals surface area contributed by atoms with E-state index in [9.17, 15) is 23.9 Å². The first-order chi connectivity index (χ1) is 19.8. The second-order valence-corrected chi connectivity index (χ2v) is 9.39. The van der Waals surface area contributed by atoms with Crippen LogP contribution in [0.2, 0.25) is 0 Å². The van der Waals surface area contributed by atoms with E-state index in [2.05, 4.69) is 0 Å². The molecule has 4 rings (SSSR count). The predicted octanol–water partition coefficient (Wildman–Crippen LogP) is 6.32. The molecule has 0 aliphatic carbocycles. The number of ether oxygens (including phenoxy) is 2. The lowest BCUT2D eigenvalue weighted by molar-refractivity contribution is -0.138. The van der Waals surface area contributed by atoms with Crippen molar-refractivity contribution in [3.05, 3.63) is 95.4 Å². The summed E-state index contributed by atoms with van der Waals surface area (Å²) in [5, 5.41) is 18.5. The fourth-order valence-corrected chi connectivity index (χ4v) is 4.37. The zero-order chi connectivity index (χ0) is 29.2. The van der Waals surface area contributed by atoms with Crippen LogP contribution in [0.25, 0.3) is 23.1 Å². The highest BCUT2D eigenvalue weighted by Crippen LogP contribution is 2.29. The van der Waals surface area contributed by atoms with Gasteiger partial charge in [-0.1, -0.05) is 42.5 Å². The molecule has 8 nitrogen and oxygen atoms in total. The second kappa shape index (κ2) is 13.9. The van der Waals surface area contributed by atoms with Crippen LogP contribution in [0.15, 0.2) is 72.9 Å². The Bertz CT molecular complexity index is 1540. The molecule has 1 aromatic heterocycles. The topological polar surface area (TPSA) is 115 Å². The van der Waals surface area contributed by atoms with Crippen LogP contribution in [0, 0.1) is 5.82 Å². The second-order valence-electron chi connectivity index (χ2n) is 9.39. The number of carboxylic acids is 2. The van der Waals surface area contributed by atoms with Gasteiger partial charge in [0.05, 0.1) is 25.2 Å². The first kappa shape index (κ1) is 29.1. The molecular formula is C32H30FNO7. The average molecular weight is 560 g/mol. The number of carboxylic acid groups (broad SMARTS) is 2. The zero-order valence-electron chi connectivity index (χ0n) is 22.3. The van der Waals surface area contributed by atoms with Gasteiger partial charge < -0.3 is 24.3 Å². The molecule has 3 aromatic carbocycles. The average Bonchev–Trinajstić information content (AvgIpc) is 3.30. The summed E-state index contributed by atoms with van der Waals surface area (Å²) in [4.78, 5) is 35.1. The summed E-state index contributed by atoms with van der Waals surface area (Å²) in [5.41, 5.74) is 1.65. The maximum absolute atomic E-state index is 14.6. The molecule has 0 saturated carbocycles. The van der Waals surface area contributed by atoms with Gasteiger partial charge in [0.1, 0.15) is 23.9 Å². The lowest BCUT2D eigenvalue weighted by atomic mass is 10.0. The van der Waals surface area contributed by atoms with Crippen LogP contribution in [-0.4, -0.2) is 45.7 Å². The number of nitrogens with zero attached hydrogens (tertiary/aromatic N) is 1. The molecule has 0 unspecified atom stereocenters. The Hall–Kier alpha value is -4.92. The summed E-state index contributed by atoms with van der Waals surface area (Å²) in [6.45, 7) is 0.709. The van der Waals surface area contributed by atoms with Gasteiger partial charge in [-0.2, -0.15) is 0 Å². The number of ketones is 1. The molecule has 9 heteroatoms. The van der Waals surface area contributed by atoms with Gasteiger partial charge >= 0.3 is 11.9 Å². The van der Waals surface area contributed by atoms with Crippen LogP contribution < -0.4 is 9.47 Å². The van der Waals surface area contributed by atoms with Crippen molar-refractivity contribution < 1.29 is 38.5 Å². The number of halogens is 1. The fraction of sp³-hybridized carbons (Fsp3) is 0.219. The lowest BCUT2D eigenvalue weighted by Crippen LogP contribution is -2.08. The number of aliphatic carboxylic acids is 2. The zero-order valence-corrected chi connectivity index (χ0v) is 22.3. The Morgan fingerprint density at radius 1 is 0.805 bits per heavy atom. The minimum atomic E-state index is -1.13. The standard InChI is InChI=1S/C32H30FNO7/c33-24-18-23(32-27(19-24)28(20-34(32)21-31(38)39)29(35)14-15-30(36)37)11-8-22-9-12-26(13-10-22)41-17-5-4-16-40-25-6-2-1-3-7-25/h1-3,6-13,18-20H,4-5,14-17,21H2,(H,36,37)(H,38,39)/b11-8+. The van der Waals surface area contributed by atoms with Gasteiger partial charge in [0.2, 0.25) is 0 Å². The number of para-hydroxylation sites is 1. The third-order valence-electron chi connectivity index (χ3n) is 6.29. The number of unbranched alkanes of at least 4 members (excludes halogenated alkanes) is 1. The van der Waals surface area contributed by atoms with E-state index in [1.807, 2.05) is 54.6 Å². The molecule has 0 radical (unpaired) electrons. The third-order valence-corrected chi connectivity index (χ3v) is 6.29. The first-order valence-electron chi connectivity index (χ1n) is 13.2. The molecule has 1 heterocycles. The van der Waals surface area contributed by atoms with Crippen molar-refractivity contribution in [3.63, 3.8) is 0 Å².